The number of benzene rings is 1. The van der Waals surface area contributed by atoms with Gasteiger partial charge in [-0.2, -0.15) is 4.31 Å². The molecule has 0 atom stereocenters. The van der Waals surface area contributed by atoms with Gasteiger partial charge in [0.05, 0.1) is 0 Å². The summed E-state index contributed by atoms with van der Waals surface area (Å²) >= 11 is 0. The zero-order valence-corrected chi connectivity index (χ0v) is 12.4. The van der Waals surface area contributed by atoms with Crippen molar-refractivity contribution in [2.45, 2.75) is 49.6 Å². The van der Waals surface area contributed by atoms with Crippen LogP contribution in [0, 0.1) is 6.92 Å². The quantitative estimate of drug-likeness (QED) is 0.863. The van der Waals surface area contributed by atoms with Gasteiger partial charge in [-0.1, -0.05) is 0 Å². The van der Waals surface area contributed by atoms with Gasteiger partial charge in [-0.25, -0.2) is 13.2 Å². The van der Waals surface area contributed by atoms with E-state index < -0.39 is 21.7 Å². The van der Waals surface area contributed by atoms with Crippen LogP contribution in [0.15, 0.2) is 17.0 Å². The summed E-state index contributed by atoms with van der Waals surface area (Å²) in [6, 6.07) is 2.61. The van der Waals surface area contributed by atoms with Gasteiger partial charge in [0.25, 0.3) is 0 Å². The third-order valence-corrected chi connectivity index (χ3v) is 5.84. The summed E-state index contributed by atoms with van der Waals surface area (Å²) in [5, 5.41) is 19.2. The third kappa shape index (κ3) is 2.51. The van der Waals surface area contributed by atoms with Gasteiger partial charge in [-0.05, 0) is 50.3 Å². The molecule has 0 aliphatic heterocycles. The van der Waals surface area contributed by atoms with E-state index in [1.165, 1.54) is 16.4 Å². The smallest absolute Gasteiger partial charge is 0.339 e. The van der Waals surface area contributed by atoms with E-state index in [1.54, 1.807) is 6.92 Å². The average Bonchev–Trinajstić information content (AvgIpc) is 3.25. The second kappa shape index (κ2) is 4.71. The molecular weight excluding hydrogens is 294 g/mol. The first-order valence-corrected chi connectivity index (χ1v) is 8.37. The molecule has 2 aliphatic carbocycles. The number of sulfonamides is 1. The molecule has 2 N–H and O–H groups in total. The molecular formula is C14H17NO5S. The van der Waals surface area contributed by atoms with E-state index in [0.29, 0.717) is 5.56 Å². The standard InChI is InChI=1S/C14H17NO5S/c1-8-6-11(14(17)18)13(16)12(7-8)21(19,20)15(9-2-3-9)10-4-5-10/h6-7,9-10,16H,2-5H2,1H3,(H,17,18). The molecule has 3 rings (SSSR count). The number of aryl methyl sites for hydroxylation is 1. The molecule has 2 aliphatic rings. The van der Waals surface area contributed by atoms with E-state index in [1.807, 2.05) is 0 Å². The summed E-state index contributed by atoms with van der Waals surface area (Å²) < 4.78 is 27.1. The van der Waals surface area contributed by atoms with Crippen LogP contribution in [0.2, 0.25) is 0 Å². The predicted octanol–water partition coefficient (Wildman–Crippen LogP) is 1.71. The van der Waals surface area contributed by atoms with Crippen molar-refractivity contribution in [1.29, 1.82) is 0 Å². The van der Waals surface area contributed by atoms with Crippen molar-refractivity contribution < 1.29 is 23.4 Å². The Labute approximate surface area is 123 Å². The minimum atomic E-state index is -3.86. The van der Waals surface area contributed by atoms with Gasteiger partial charge in [0.2, 0.25) is 10.0 Å². The van der Waals surface area contributed by atoms with Gasteiger partial charge >= 0.3 is 5.97 Å². The summed E-state index contributed by atoms with van der Waals surface area (Å²) in [5.74, 6) is -2.00. The van der Waals surface area contributed by atoms with Crippen LogP contribution in [0.25, 0.3) is 0 Å². The van der Waals surface area contributed by atoms with Gasteiger partial charge < -0.3 is 10.2 Å². The molecule has 0 radical (unpaired) electrons. The van der Waals surface area contributed by atoms with E-state index in [0.717, 1.165) is 25.7 Å². The highest BCUT2D eigenvalue weighted by Gasteiger charge is 2.47. The summed E-state index contributed by atoms with van der Waals surface area (Å²) in [7, 11) is -3.86. The van der Waals surface area contributed by atoms with E-state index in [4.69, 9.17) is 5.11 Å². The maximum Gasteiger partial charge on any atom is 0.339 e. The zero-order valence-electron chi connectivity index (χ0n) is 11.6. The van der Waals surface area contributed by atoms with Crippen LogP contribution in [0.4, 0.5) is 0 Å². The van der Waals surface area contributed by atoms with Crippen molar-refractivity contribution in [2.24, 2.45) is 0 Å². The van der Waals surface area contributed by atoms with Gasteiger partial charge in [-0.3, -0.25) is 0 Å². The van der Waals surface area contributed by atoms with Crippen LogP contribution in [0.5, 0.6) is 5.75 Å². The second-order valence-corrected chi connectivity index (χ2v) is 7.57. The lowest BCUT2D eigenvalue weighted by Crippen LogP contribution is -2.35. The summed E-state index contributed by atoms with van der Waals surface area (Å²) in [6.45, 7) is 1.61. The van der Waals surface area contributed by atoms with Crippen molar-refractivity contribution in [2.75, 3.05) is 0 Å². The van der Waals surface area contributed by atoms with E-state index >= 15 is 0 Å². The molecule has 0 amide bonds. The number of aromatic hydroxyl groups is 1. The SMILES string of the molecule is Cc1cc(C(=O)O)c(O)c(S(=O)(=O)N(C2CC2)C2CC2)c1. The molecule has 1 aromatic rings. The average molecular weight is 311 g/mol. The number of carbonyl (C=O) groups is 1. The first-order valence-electron chi connectivity index (χ1n) is 6.93. The van der Waals surface area contributed by atoms with Gasteiger partial charge in [0.15, 0.2) is 0 Å². The molecule has 114 valence electrons. The number of phenols is 1. The highest BCUT2D eigenvalue weighted by Crippen LogP contribution is 2.43. The molecule has 0 aromatic heterocycles. The minimum Gasteiger partial charge on any atom is -0.506 e. The van der Waals surface area contributed by atoms with Crippen LogP contribution in [0.3, 0.4) is 0 Å². The topological polar surface area (TPSA) is 94.9 Å². The monoisotopic (exact) mass is 311 g/mol. The van der Waals surface area contributed by atoms with Gasteiger partial charge in [0.1, 0.15) is 16.2 Å². The molecule has 7 heteroatoms. The normalized spacial score (nSPS) is 19.0. The fourth-order valence-electron chi connectivity index (χ4n) is 2.57. The van der Waals surface area contributed by atoms with E-state index in [2.05, 4.69) is 0 Å². The third-order valence-electron chi connectivity index (χ3n) is 3.82. The molecule has 2 saturated carbocycles. The van der Waals surface area contributed by atoms with Crippen LogP contribution in [-0.4, -0.2) is 41.0 Å². The molecule has 6 nitrogen and oxygen atoms in total. The predicted molar refractivity (Wildman–Crippen MR) is 74.9 cm³/mol. The highest BCUT2D eigenvalue weighted by molar-refractivity contribution is 7.89. The Morgan fingerprint density at radius 2 is 1.71 bits per heavy atom. The summed E-state index contributed by atoms with van der Waals surface area (Å²) in [4.78, 5) is 10.9. The molecule has 1 aromatic carbocycles. The zero-order chi connectivity index (χ0) is 15.4. The number of carboxylic acids is 1. The minimum absolute atomic E-state index is 0.00399. The first kappa shape index (κ1) is 14.3. The first-order chi connectivity index (χ1) is 9.82. The number of aromatic carboxylic acids is 1. The van der Waals surface area contributed by atoms with Crippen molar-refractivity contribution in [3.05, 3.63) is 23.3 Å². The maximum atomic E-state index is 12.8. The van der Waals surface area contributed by atoms with Crippen molar-refractivity contribution in [3.63, 3.8) is 0 Å². The van der Waals surface area contributed by atoms with Gasteiger partial charge in [-0.15, -0.1) is 0 Å². The Balaban J connectivity index is 2.12. The molecule has 0 spiro atoms. The molecule has 0 saturated heterocycles. The summed E-state index contributed by atoms with van der Waals surface area (Å²) in [6.07, 6.45) is 3.31. The Morgan fingerprint density at radius 3 is 2.14 bits per heavy atom. The van der Waals surface area contributed by atoms with Crippen molar-refractivity contribution in [1.82, 2.24) is 4.31 Å². The Morgan fingerprint density at radius 1 is 1.19 bits per heavy atom. The number of hydrogen-bond acceptors (Lipinski definition) is 4. The largest absolute Gasteiger partial charge is 0.506 e. The Bertz CT molecular complexity index is 692. The number of nitrogens with zero attached hydrogens (tertiary/aromatic N) is 1. The van der Waals surface area contributed by atoms with E-state index in [-0.39, 0.29) is 22.5 Å². The lowest BCUT2D eigenvalue weighted by molar-refractivity contribution is 0.0693. The van der Waals surface area contributed by atoms with Gasteiger partial charge in [0, 0.05) is 12.1 Å². The molecule has 2 fully saturated rings. The molecule has 0 unspecified atom stereocenters. The van der Waals surface area contributed by atoms with Crippen molar-refractivity contribution >= 4 is 16.0 Å². The number of rotatable bonds is 5. The lowest BCUT2D eigenvalue weighted by Gasteiger charge is -2.22. The van der Waals surface area contributed by atoms with Crippen molar-refractivity contribution in [3.8, 4) is 5.75 Å². The van der Waals surface area contributed by atoms with Crippen LogP contribution in [-0.2, 0) is 10.0 Å². The van der Waals surface area contributed by atoms with Crippen LogP contribution in [0.1, 0.15) is 41.6 Å². The summed E-state index contributed by atoms with van der Waals surface area (Å²) in [5.41, 5.74) is 0.121. The number of hydrogen-bond donors (Lipinski definition) is 2. The van der Waals surface area contributed by atoms with Crippen LogP contribution >= 0.6 is 0 Å². The molecule has 0 heterocycles. The van der Waals surface area contributed by atoms with Crippen LogP contribution < -0.4 is 0 Å². The lowest BCUT2D eigenvalue weighted by atomic mass is 10.1. The van der Waals surface area contributed by atoms with E-state index in [9.17, 15) is 18.3 Å². The Kier molecular flexibility index (Phi) is 3.22. The number of carboxylic acid groups (broad SMARTS) is 1. The molecule has 21 heavy (non-hydrogen) atoms. The fraction of sp³-hybridized carbons (Fsp3) is 0.500. The Hall–Kier alpha value is -1.60. The fourth-order valence-corrected chi connectivity index (χ4v) is 4.69. The maximum absolute atomic E-state index is 12.8. The highest BCUT2D eigenvalue weighted by atomic mass is 32.2. The molecule has 0 bridgehead atoms. The second-order valence-electron chi connectivity index (χ2n) is 5.76.